The Morgan fingerprint density at radius 3 is 2.50 bits per heavy atom. The van der Waals surface area contributed by atoms with Gasteiger partial charge in [0.1, 0.15) is 0 Å². The van der Waals surface area contributed by atoms with E-state index in [1.165, 1.54) is 6.42 Å². The number of rotatable bonds is 2. The zero-order valence-corrected chi connectivity index (χ0v) is 8.65. The van der Waals surface area contributed by atoms with Crippen molar-refractivity contribution < 1.29 is 9.47 Å². The summed E-state index contributed by atoms with van der Waals surface area (Å²) in [5, 5.41) is 0. The van der Waals surface area contributed by atoms with Crippen LogP contribution in [0.5, 0.6) is 0 Å². The van der Waals surface area contributed by atoms with Crippen LogP contribution >= 0.6 is 0 Å². The highest BCUT2D eigenvalue weighted by molar-refractivity contribution is 4.82. The van der Waals surface area contributed by atoms with Crippen LogP contribution in [0, 0.1) is 5.92 Å². The molecule has 2 saturated heterocycles. The van der Waals surface area contributed by atoms with Crippen molar-refractivity contribution in [3.63, 3.8) is 0 Å². The molecule has 1 unspecified atom stereocenters. The van der Waals surface area contributed by atoms with E-state index in [0.29, 0.717) is 12.0 Å². The molecule has 4 nitrogen and oxygen atoms in total. The third-order valence-electron chi connectivity index (χ3n) is 3.16. The van der Waals surface area contributed by atoms with E-state index < -0.39 is 0 Å². The van der Waals surface area contributed by atoms with Crippen molar-refractivity contribution in [2.24, 2.45) is 11.7 Å². The molecule has 2 N–H and O–H groups in total. The van der Waals surface area contributed by atoms with Crippen molar-refractivity contribution in [2.75, 3.05) is 46.1 Å². The number of nitrogens with two attached hydrogens (primary N) is 1. The minimum Gasteiger partial charge on any atom is -0.377 e. The minimum absolute atomic E-state index is 0.453. The molecule has 82 valence electrons. The highest BCUT2D eigenvalue weighted by Crippen LogP contribution is 2.18. The van der Waals surface area contributed by atoms with Gasteiger partial charge in [0.2, 0.25) is 0 Å². The molecule has 0 radical (unpaired) electrons. The average molecular weight is 200 g/mol. The van der Waals surface area contributed by atoms with Gasteiger partial charge in [0.05, 0.1) is 32.5 Å². The maximum Gasteiger partial charge on any atom is 0.0701 e. The Kier molecular flexibility index (Phi) is 3.75. The summed E-state index contributed by atoms with van der Waals surface area (Å²) in [6, 6.07) is 0.453. The quantitative estimate of drug-likeness (QED) is 0.664. The Hall–Kier alpha value is -0.160. The molecule has 0 amide bonds. The minimum atomic E-state index is 0.453. The van der Waals surface area contributed by atoms with Crippen LogP contribution in [-0.4, -0.2) is 57.0 Å². The maximum atomic E-state index is 5.67. The van der Waals surface area contributed by atoms with Gasteiger partial charge >= 0.3 is 0 Å². The monoisotopic (exact) mass is 200 g/mol. The standard InChI is InChI=1S/C10H20N2O2/c11-5-9-1-2-12(6-9)10-7-13-3-4-14-8-10/h9-10H,1-8,11H2. The third kappa shape index (κ3) is 2.45. The van der Waals surface area contributed by atoms with Gasteiger partial charge in [-0.15, -0.1) is 0 Å². The van der Waals surface area contributed by atoms with Gasteiger partial charge in [-0.25, -0.2) is 0 Å². The number of hydrogen-bond acceptors (Lipinski definition) is 4. The summed E-state index contributed by atoms with van der Waals surface area (Å²) in [5.41, 5.74) is 5.67. The van der Waals surface area contributed by atoms with E-state index in [9.17, 15) is 0 Å². The van der Waals surface area contributed by atoms with Gasteiger partial charge in [-0.2, -0.15) is 0 Å². The molecular weight excluding hydrogens is 180 g/mol. The van der Waals surface area contributed by atoms with Gasteiger partial charge in [0.25, 0.3) is 0 Å². The Morgan fingerprint density at radius 1 is 1.21 bits per heavy atom. The Balaban J connectivity index is 1.82. The summed E-state index contributed by atoms with van der Waals surface area (Å²) in [6.07, 6.45) is 1.23. The van der Waals surface area contributed by atoms with Gasteiger partial charge in [-0.1, -0.05) is 0 Å². The first-order chi connectivity index (χ1) is 6.90. The molecule has 4 heteroatoms. The molecule has 0 aromatic heterocycles. The van der Waals surface area contributed by atoms with E-state index in [2.05, 4.69) is 4.90 Å². The third-order valence-corrected chi connectivity index (χ3v) is 3.16. The van der Waals surface area contributed by atoms with Crippen molar-refractivity contribution in [2.45, 2.75) is 12.5 Å². The Labute approximate surface area is 85.3 Å². The smallest absolute Gasteiger partial charge is 0.0701 e. The zero-order valence-electron chi connectivity index (χ0n) is 8.65. The van der Waals surface area contributed by atoms with Crippen LogP contribution in [0.1, 0.15) is 6.42 Å². The molecule has 2 aliphatic heterocycles. The van der Waals surface area contributed by atoms with Crippen LogP contribution in [0.4, 0.5) is 0 Å². The van der Waals surface area contributed by atoms with Crippen molar-refractivity contribution in [3.8, 4) is 0 Å². The van der Waals surface area contributed by atoms with Gasteiger partial charge in [-0.05, 0) is 25.4 Å². The van der Waals surface area contributed by atoms with E-state index in [4.69, 9.17) is 15.2 Å². The van der Waals surface area contributed by atoms with Crippen LogP contribution < -0.4 is 5.73 Å². The van der Waals surface area contributed by atoms with E-state index in [-0.39, 0.29) is 0 Å². The molecule has 0 aromatic rings. The van der Waals surface area contributed by atoms with Crippen LogP contribution in [0.15, 0.2) is 0 Å². The Bertz CT molecular complexity index is 170. The molecule has 0 spiro atoms. The molecule has 0 aliphatic carbocycles. The van der Waals surface area contributed by atoms with E-state index >= 15 is 0 Å². The fourth-order valence-corrected chi connectivity index (χ4v) is 2.20. The highest BCUT2D eigenvalue weighted by atomic mass is 16.5. The van der Waals surface area contributed by atoms with Crippen molar-refractivity contribution in [1.82, 2.24) is 4.90 Å². The second-order valence-electron chi connectivity index (χ2n) is 4.19. The van der Waals surface area contributed by atoms with Gasteiger partial charge in [0, 0.05) is 6.54 Å². The first kappa shape index (κ1) is 10.4. The van der Waals surface area contributed by atoms with Gasteiger partial charge in [-0.3, -0.25) is 4.90 Å². The average Bonchev–Trinajstić information content (AvgIpc) is 2.53. The van der Waals surface area contributed by atoms with Crippen molar-refractivity contribution >= 4 is 0 Å². The summed E-state index contributed by atoms with van der Waals surface area (Å²) < 4.78 is 11.0. The lowest BCUT2D eigenvalue weighted by molar-refractivity contribution is 0.0841. The lowest BCUT2D eigenvalue weighted by Gasteiger charge is -2.25. The van der Waals surface area contributed by atoms with Crippen molar-refractivity contribution in [3.05, 3.63) is 0 Å². The number of likely N-dealkylation sites (tertiary alicyclic amines) is 1. The topological polar surface area (TPSA) is 47.7 Å². The summed E-state index contributed by atoms with van der Waals surface area (Å²) in [6.45, 7) is 6.20. The zero-order chi connectivity index (χ0) is 9.80. The molecule has 2 fully saturated rings. The molecule has 1 atom stereocenters. The van der Waals surface area contributed by atoms with Crippen LogP contribution in [-0.2, 0) is 9.47 Å². The predicted molar refractivity (Wildman–Crippen MR) is 54.2 cm³/mol. The van der Waals surface area contributed by atoms with E-state index in [1.807, 2.05) is 0 Å². The summed E-state index contributed by atoms with van der Waals surface area (Å²) in [7, 11) is 0. The first-order valence-corrected chi connectivity index (χ1v) is 5.49. The fourth-order valence-electron chi connectivity index (χ4n) is 2.20. The summed E-state index contributed by atoms with van der Waals surface area (Å²) in [4.78, 5) is 2.46. The molecule has 0 saturated carbocycles. The predicted octanol–water partition coefficient (Wildman–Crippen LogP) is -0.318. The van der Waals surface area contributed by atoms with Crippen LogP contribution in [0.25, 0.3) is 0 Å². The number of ether oxygens (including phenoxy) is 2. The number of nitrogens with zero attached hydrogens (tertiary/aromatic N) is 1. The van der Waals surface area contributed by atoms with Crippen LogP contribution in [0.3, 0.4) is 0 Å². The fraction of sp³-hybridized carbons (Fsp3) is 1.00. The lowest BCUT2D eigenvalue weighted by Crippen LogP contribution is -2.39. The lowest BCUT2D eigenvalue weighted by atomic mass is 10.1. The SMILES string of the molecule is NCC1CCN(C2COCCOC2)C1. The highest BCUT2D eigenvalue weighted by Gasteiger charge is 2.28. The normalized spacial score (nSPS) is 31.9. The van der Waals surface area contributed by atoms with Gasteiger partial charge < -0.3 is 15.2 Å². The largest absolute Gasteiger partial charge is 0.377 e. The second-order valence-corrected chi connectivity index (χ2v) is 4.19. The molecule has 2 heterocycles. The van der Waals surface area contributed by atoms with E-state index in [1.54, 1.807) is 0 Å². The molecule has 0 bridgehead atoms. The molecule has 14 heavy (non-hydrogen) atoms. The Morgan fingerprint density at radius 2 is 1.93 bits per heavy atom. The molecule has 2 rings (SSSR count). The van der Waals surface area contributed by atoms with Crippen LogP contribution in [0.2, 0.25) is 0 Å². The first-order valence-electron chi connectivity index (χ1n) is 5.49. The maximum absolute atomic E-state index is 5.67. The number of hydrogen-bond donors (Lipinski definition) is 1. The molecular formula is C10H20N2O2. The second kappa shape index (κ2) is 5.07. The summed E-state index contributed by atoms with van der Waals surface area (Å²) in [5.74, 6) is 0.679. The van der Waals surface area contributed by atoms with E-state index in [0.717, 1.165) is 46.1 Å². The molecule has 0 aromatic carbocycles. The summed E-state index contributed by atoms with van der Waals surface area (Å²) >= 11 is 0. The van der Waals surface area contributed by atoms with Crippen molar-refractivity contribution in [1.29, 1.82) is 0 Å². The molecule has 2 aliphatic rings. The van der Waals surface area contributed by atoms with Gasteiger partial charge in [0.15, 0.2) is 0 Å².